The predicted octanol–water partition coefficient (Wildman–Crippen LogP) is 3.62. The molecule has 0 aliphatic carbocycles. The van der Waals surface area contributed by atoms with Gasteiger partial charge in [-0.05, 0) is 24.6 Å². The average molecular weight is 310 g/mol. The van der Waals surface area contributed by atoms with E-state index >= 15 is 0 Å². The van der Waals surface area contributed by atoms with Crippen LogP contribution in [0.15, 0.2) is 36.8 Å². The summed E-state index contributed by atoms with van der Waals surface area (Å²) in [5.41, 5.74) is 1.13. The number of nitrogens with zero attached hydrogens (tertiary/aromatic N) is 3. The molecule has 0 aliphatic rings. The summed E-state index contributed by atoms with van der Waals surface area (Å²) >= 11 is 12.0. The summed E-state index contributed by atoms with van der Waals surface area (Å²) in [4.78, 5) is 21.8. The number of aromatic nitrogens is 2. The molecule has 2 aromatic rings. The van der Waals surface area contributed by atoms with Crippen LogP contribution < -0.4 is 0 Å². The Kier molecular flexibility index (Phi) is 4.57. The Hall–Kier alpha value is -1.65. The van der Waals surface area contributed by atoms with Gasteiger partial charge < -0.3 is 4.90 Å². The molecule has 1 aromatic carbocycles. The summed E-state index contributed by atoms with van der Waals surface area (Å²) in [5.74, 6) is -0.211. The lowest BCUT2D eigenvalue weighted by Crippen LogP contribution is -2.30. The fraction of sp³-hybridized carbons (Fsp3) is 0.214. The molecule has 104 valence electrons. The highest BCUT2D eigenvalue weighted by Crippen LogP contribution is 2.29. The minimum atomic E-state index is -0.211. The minimum absolute atomic E-state index is 0.200. The summed E-state index contributed by atoms with van der Waals surface area (Å²) in [6.45, 7) is 1.89. The third kappa shape index (κ3) is 3.08. The fourth-order valence-electron chi connectivity index (χ4n) is 1.82. The maximum absolute atomic E-state index is 12.3. The first kappa shape index (κ1) is 14.8. The Labute approximate surface area is 127 Å². The van der Waals surface area contributed by atoms with E-state index in [1.807, 2.05) is 13.0 Å². The Morgan fingerprint density at radius 3 is 2.65 bits per heavy atom. The number of carbonyl (C=O) groups excluding carboxylic acids is 1. The molecule has 2 rings (SSSR count). The van der Waals surface area contributed by atoms with E-state index in [0.29, 0.717) is 15.7 Å². The number of benzene rings is 1. The molecule has 0 spiro atoms. The van der Waals surface area contributed by atoms with Crippen molar-refractivity contribution in [3.05, 3.63) is 58.1 Å². The molecular weight excluding hydrogens is 297 g/mol. The number of carbonyl (C=O) groups is 1. The van der Waals surface area contributed by atoms with Crippen molar-refractivity contribution in [2.24, 2.45) is 0 Å². The Morgan fingerprint density at radius 1 is 1.30 bits per heavy atom. The lowest BCUT2D eigenvalue weighted by atomic mass is 10.1. The van der Waals surface area contributed by atoms with Gasteiger partial charge in [0.1, 0.15) is 5.69 Å². The second kappa shape index (κ2) is 6.20. The molecule has 1 amide bonds. The molecule has 1 aromatic heterocycles. The number of hydrogen-bond acceptors (Lipinski definition) is 3. The van der Waals surface area contributed by atoms with Gasteiger partial charge in [-0.15, -0.1) is 0 Å². The molecule has 0 N–H and O–H groups in total. The second-order valence-electron chi connectivity index (χ2n) is 4.35. The van der Waals surface area contributed by atoms with Crippen LogP contribution >= 0.6 is 23.2 Å². The Balaban J connectivity index is 2.24. The average Bonchev–Trinajstić information content (AvgIpc) is 2.46. The normalized spacial score (nSPS) is 12.0. The van der Waals surface area contributed by atoms with Gasteiger partial charge in [-0.1, -0.05) is 29.3 Å². The molecule has 0 saturated carbocycles. The lowest BCUT2D eigenvalue weighted by Gasteiger charge is -2.25. The van der Waals surface area contributed by atoms with Crippen molar-refractivity contribution in [3.8, 4) is 0 Å². The van der Waals surface area contributed by atoms with Crippen LogP contribution in [-0.2, 0) is 0 Å². The number of amides is 1. The number of hydrogen-bond donors (Lipinski definition) is 0. The summed E-state index contributed by atoms with van der Waals surface area (Å²) < 4.78 is 0. The van der Waals surface area contributed by atoms with Crippen LogP contribution in [0.25, 0.3) is 0 Å². The predicted molar refractivity (Wildman–Crippen MR) is 79.0 cm³/mol. The first-order valence-electron chi connectivity index (χ1n) is 5.99. The highest BCUT2D eigenvalue weighted by atomic mass is 35.5. The molecule has 0 radical (unpaired) electrons. The van der Waals surface area contributed by atoms with Crippen LogP contribution in [0.5, 0.6) is 0 Å². The molecule has 0 unspecified atom stereocenters. The number of halogens is 2. The Morgan fingerprint density at radius 2 is 2.05 bits per heavy atom. The first-order valence-corrected chi connectivity index (χ1v) is 6.74. The van der Waals surface area contributed by atoms with Gasteiger partial charge in [0.25, 0.3) is 5.91 Å². The second-order valence-corrected chi connectivity index (χ2v) is 5.19. The van der Waals surface area contributed by atoms with E-state index in [1.54, 1.807) is 24.1 Å². The zero-order valence-electron chi connectivity index (χ0n) is 11.0. The van der Waals surface area contributed by atoms with Gasteiger partial charge >= 0.3 is 0 Å². The third-order valence-corrected chi connectivity index (χ3v) is 3.66. The van der Waals surface area contributed by atoms with Crippen molar-refractivity contribution < 1.29 is 4.79 Å². The smallest absolute Gasteiger partial charge is 0.274 e. The zero-order valence-corrected chi connectivity index (χ0v) is 12.6. The van der Waals surface area contributed by atoms with Crippen molar-refractivity contribution in [2.45, 2.75) is 13.0 Å². The summed E-state index contributed by atoms with van der Waals surface area (Å²) in [7, 11) is 1.70. The van der Waals surface area contributed by atoms with Gasteiger partial charge in [0, 0.05) is 29.5 Å². The molecule has 0 aliphatic heterocycles. The van der Waals surface area contributed by atoms with E-state index in [2.05, 4.69) is 9.97 Å². The van der Waals surface area contributed by atoms with Gasteiger partial charge in [-0.25, -0.2) is 4.98 Å². The first-order chi connectivity index (χ1) is 9.50. The van der Waals surface area contributed by atoms with Crippen molar-refractivity contribution in [1.29, 1.82) is 0 Å². The van der Waals surface area contributed by atoms with E-state index in [4.69, 9.17) is 23.2 Å². The molecule has 4 nitrogen and oxygen atoms in total. The van der Waals surface area contributed by atoms with Crippen molar-refractivity contribution in [3.63, 3.8) is 0 Å². The van der Waals surface area contributed by atoms with Crippen molar-refractivity contribution in [1.82, 2.24) is 14.9 Å². The van der Waals surface area contributed by atoms with Crippen LogP contribution in [0.4, 0.5) is 0 Å². The van der Waals surface area contributed by atoms with Gasteiger partial charge in [-0.2, -0.15) is 0 Å². The van der Waals surface area contributed by atoms with Crippen molar-refractivity contribution >= 4 is 29.1 Å². The molecule has 0 bridgehead atoms. The molecule has 1 atom stereocenters. The summed E-state index contributed by atoms with van der Waals surface area (Å²) in [6, 6.07) is 5.03. The van der Waals surface area contributed by atoms with Crippen LogP contribution in [0.3, 0.4) is 0 Å². The van der Waals surface area contributed by atoms with E-state index in [-0.39, 0.29) is 11.9 Å². The van der Waals surface area contributed by atoms with Gasteiger partial charge in [0.2, 0.25) is 0 Å². The molecule has 6 heteroatoms. The standard InChI is InChI=1S/C14H13Cl2N3O/c1-9(11-4-3-10(15)7-12(11)16)19(2)14(20)13-8-17-5-6-18-13/h3-9H,1-2H3/t9-/m1/s1. The molecular formula is C14H13Cl2N3O. The molecule has 20 heavy (non-hydrogen) atoms. The summed E-state index contributed by atoms with van der Waals surface area (Å²) in [6.07, 6.45) is 4.45. The SMILES string of the molecule is C[C@H](c1ccc(Cl)cc1Cl)N(C)C(=O)c1cnccn1. The maximum Gasteiger partial charge on any atom is 0.274 e. The third-order valence-electron chi connectivity index (χ3n) is 3.10. The minimum Gasteiger partial charge on any atom is -0.334 e. The van der Waals surface area contributed by atoms with Crippen LogP contribution in [0, 0.1) is 0 Å². The van der Waals surface area contributed by atoms with Crippen LogP contribution in [-0.4, -0.2) is 27.8 Å². The van der Waals surface area contributed by atoms with Gasteiger partial charge in [0.05, 0.1) is 12.2 Å². The lowest BCUT2D eigenvalue weighted by molar-refractivity contribution is 0.0736. The quantitative estimate of drug-likeness (QED) is 0.870. The summed E-state index contributed by atoms with van der Waals surface area (Å²) in [5, 5.41) is 1.10. The fourth-order valence-corrected chi connectivity index (χ4v) is 2.38. The number of rotatable bonds is 3. The van der Waals surface area contributed by atoms with Gasteiger partial charge in [0.15, 0.2) is 0 Å². The monoisotopic (exact) mass is 309 g/mol. The molecule has 0 fully saturated rings. The topological polar surface area (TPSA) is 46.1 Å². The van der Waals surface area contributed by atoms with E-state index < -0.39 is 0 Å². The zero-order chi connectivity index (χ0) is 14.7. The molecule has 0 saturated heterocycles. The van der Waals surface area contributed by atoms with E-state index in [1.165, 1.54) is 18.6 Å². The maximum atomic E-state index is 12.3. The van der Waals surface area contributed by atoms with Crippen molar-refractivity contribution in [2.75, 3.05) is 7.05 Å². The van der Waals surface area contributed by atoms with Crippen LogP contribution in [0.2, 0.25) is 10.0 Å². The van der Waals surface area contributed by atoms with Gasteiger partial charge in [-0.3, -0.25) is 9.78 Å². The van der Waals surface area contributed by atoms with E-state index in [9.17, 15) is 4.79 Å². The van der Waals surface area contributed by atoms with E-state index in [0.717, 1.165) is 5.56 Å². The Bertz CT molecular complexity index is 619. The van der Waals surface area contributed by atoms with Crippen LogP contribution in [0.1, 0.15) is 29.0 Å². The highest BCUT2D eigenvalue weighted by molar-refractivity contribution is 6.35. The molecule has 1 heterocycles. The largest absolute Gasteiger partial charge is 0.334 e. The highest BCUT2D eigenvalue weighted by Gasteiger charge is 2.21.